The number of hydrogen-bond donors (Lipinski definition) is 1. The molecule has 0 unspecified atom stereocenters. The molecule has 1 fully saturated rings. The second-order valence-electron chi connectivity index (χ2n) is 4.43. The number of methoxy groups -OCH3 is 1. The highest BCUT2D eigenvalue weighted by atomic mass is 16.5. The Balaban J connectivity index is 1.80. The van der Waals surface area contributed by atoms with Crippen molar-refractivity contribution in [2.45, 2.75) is 31.7 Å². The summed E-state index contributed by atoms with van der Waals surface area (Å²) in [4.78, 5) is 23.1. The van der Waals surface area contributed by atoms with E-state index in [9.17, 15) is 9.59 Å². The van der Waals surface area contributed by atoms with Crippen molar-refractivity contribution in [2.75, 3.05) is 7.11 Å². The van der Waals surface area contributed by atoms with Crippen LogP contribution in [0, 0.1) is 5.92 Å². The van der Waals surface area contributed by atoms with Gasteiger partial charge in [-0.3, -0.25) is 9.59 Å². The Bertz CT molecular complexity index is 408. The number of hydrogen-bond acceptors (Lipinski definition) is 5. The third kappa shape index (κ3) is 2.88. The van der Waals surface area contributed by atoms with E-state index in [1.807, 2.05) is 0 Å². The van der Waals surface area contributed by atoms with Gasteiger partial charge in [-0.15, -0.1) is 0 Å². The Morgan fingerprint density at radius 1 is 1.39 bits per heavy atom. The maximum atomic E-state index is 11.7. The lowest BCUT2D eigenvalue weighted by molar-refractivity contribution is -0.146. The van der Waals surface area contributed by atoms with E-state index in [1.54, 1.807) is 0 Å². The third-order valence-corrected chi connectivity index (χ3v) is 3.27. The molecule has 6 nitrogen and oxygen atoms in total. The summed E-state index contributed by atoms with van der Waals surface area (Å²) in [5.74, 6) is -0.420. The highest BCUT2D eigenvalue weighted by Crippen LogP contribution is 2.25. The average Bonchev–Trinajstić information content (AvgIpc) is 2.92. The maximum absolute atomic E-state index is 11.7. The zero-order valence-corrected chi connectivity index (χ0v) is 10.2. The van der Waals surface area contributed by atoms with Crippen LogP contribution in [0.4, 0.5) is 0 Å². The van der Waals surface area contributed by atoms with Gasteiger partial charge < -0.3 is 14.6 Å². The molecule has 1 aliphatic rings. The molecule has 1 heterocycles. The Hall–Kier alpha value is -1.85. The molecule has 1 amide bonds. The van der Waals surface area contributed by atoms with E-state index in [-0.39, 0.29) is 29.5 Å². The van der Waals surface area contributed by atoms with Gasteiger partial charge in [-0.25, -0.2) is 0 Å². The first-order valence-electron chi connectivity index (χ1n) is 5.99. The summed E-state index contributed by atoms with van der Waals surface area (Å²) < 4.78 is 9.33. The van der Waals surface area contributed by atoms with E-state index >= 15 is 0 Å². The quantitative estimate of drug-likeness (QED) is 0.816. The topological polar surface area (TPSA) is 81.4 Å². The van der Waals surface area contributed by atoms with Gasteiger partial charge in [0.15, 0.2) is 5.69 Å². The van der Waals surface area contributed by atoms with Gasteiger partial charge in [-0.1, -0.05) is 5.16 Å². The minimum atomic E-state index is -0.231. The van der Waals surface area contributed by atoms with Crippen LogP contribution in [0.5, 0.6) is 0 Å². The van der Waals surface area contributed by atoms with Gasteiger partial charge in [-0.2, -0.15) is 0 Å². The minimum Gasteiger partial charge on any atom is -0.469 e. The Morgan fingerprint density at radius 2 is 2.11 bits per heavy atom. The molecule has 1 aliphatic carbocycles. The number of amides is 1. The van der Waals surface area contributed by atoms with E-state index in [0.29, 0.717) is 0 Å². The molecule has 0 aliphatic heterocycles. The highest BCUT2D eigenvalue weighted by Gasteiger charge is 2.28. The van der Waals surface area contributed by atoms with Gasteiger partial charge in [-0.05, 0) is 25.7 Å². The minimum absolute atomic E-state index is 0.0322. The molecule has 0 aromatic carbocycles. The summed E-state index contributed by atoms with van der Waals surface area (Å²) in [5, 5.41) is 6.46. The van der Waals surface area contributed by atoms with Crippen molar-refractivity contribution in [1.29, 1.82) is 0 Å². The summed E-state index contributed by atoms with van der Waals surface area (Å²) in [5.41, 5.74) is 0.282. The van der Waals surface area contributed by atoms with Crippen LogP contribution in [0.2, 0.25) is 0 Å². The molecule has 1 aromatic rings. The number of aromatic nitrogens is 1. The molecular formula is C12H16N2O4. The molecule has 0 radical (unpaired) electrons. The molecule has 98 valence electrons. The van der Waals surface area contributed by atoms with Crippen LogP contribution in [-0.4, -0.2) is 30.2 Å². The highest BCUT2D eigenvalue weighted by molar-refractivity contribution is 5.92. The second kappa shape index (κ2) is 5.66. The molecule has 2 rings (SSSR count). The number of carbonyl (C=O) groups is 2. The lowest BCUT2D eigenvalue weighted by Gasteiger charge is -2.27. The lowest BCUT2D eigenvalue weighted by atomic mass is 9.86. The number of carbonyl (C=O) groups excluding carboxylic acids is 2. The fourth-order valence-corrected chi connectivity index (χ4v) is 2.23. The summed E-state index contributed by atoms with van der Waals surface area (Å²) in [6, 6.07) is 1.62. The number of rotatable bonds is 3. The van der Waals surface area contributed by atoms with Crippen molar-refractivity contribution in [3.8, 4) is 0 Å². The molecule has 1 saturated carbocycles. The van der Waals surface area contributed by atoms with E-state index < -0.39 is 0 Å². The van der Waals surface area contributed by atoms with Crippen molar-refractivity contribution in [3.05, 3.63) is 18.0 Å². The zero-order chi connectivity index (χ0) is 13.0. The monoisotopic (exact) mass is 252 g/mol. The molecule has 0 bridgehead atoms. The van der Waals surface area contributed by atoms with Crippen LogP contribution in [0.1, 0.15) is 36.2 Å². The van der Waals surface area contributed by atoms with Crippen LogP contribution >= 0.6 is 0 Å². The van der Waals surface area contributed by atoms with E-state index in [1.165, 1.54) is 19.4 Å². The summed E-state index contributed by atoms with van der Waals surface area (Å²) in [7, 11) is 1.40. The van der Waals surface area contributed by atoms with Crippen LogP contribution < -0.4 is 5.32 Å². The van der Waals surface area contributed by atoms with E-state index in [4.69, 9.17) is 4.74 Å². The molecule has 1 aromatic heterocycles. The molecule has 0 spiro atoms. The molecule has 18 heavy (non-hydrogen) atoms. The Morgan fingerprint density at radius 3 is 2.67 bits per heavy atom. The molecule has 1 N–H and O–H groups in total. The van der Waals surface area contributed by atoms with E-state index in [0.717, 1.165) is 25.7 Å². The van der Waals surface area contributed by atoms with Crippen LogP contribution in [0.15, 0.2) is 16.9 Å². The molecule has 0 saturated heterocycles. The van der Waals surface area contributed by atoms with Gasteiger partial charge >= 0.3 is 5.97 Å². The van der Waals surface area contributed by atoms with Gasteiger partial charge in [0.1, 0.15) is 6.26 Å². The standard InChI is InChI=1S/C12H16N2O4/c1-17-12(16)8-2-4-9(5-3-8)13-11(15)10-6-7-18-14-10/h6-9H,2-5H2,1H3,(H,13,15). The van der Waals surface area contributed by atoms with Crippen molar-refractivity contribution >= 4 is 11.9 Å². The molecule has 6 heteroatoms. The van der Waals surface area contributed by atoms with Crippen molar-refractivity contribution in [3.63, 3.8) is 0 Å². The van der Waals surface area contributed by atoms with Gasteiger partial charge in [0.25, 0.3) is 5.91 Å². The normalized spacial score (nSPS) is 23.4. The predicted molar refractivity (Wildman–Crippen MR) is 61.7 cm³/mol. The fourth-order valence-electron chi connectivity index (χ4n) is 2.23. The van der Waals surface area contributed by atoms with Crippen LogP contribution in [-0.2, 0) is 9.53 Å². The first kappa shape index (κ1) is 12.6. The smallest absolute Gasteiger partial charge is 0.308 e. The fraction of sp³-hybridized carbons (Fsp3) is 0.583. The van der Waals surface area contributed by atoms with Crippen LogP contribution in [0.3, 0.4) is 0 Å². The number of nitrogens with zero attached hydrogens (tertiary/aromatic N) is 1. The van der Waals surface area contributed by atoms with Crippen molar-refractivity contribution < 1.29 is 18.8 Å². The Labute approximate surface area is 105 Å². The van der Waals surface area contributed by atoms with Crippen molar-refractivity contribution in [2.24, 2.45) is 5.92 Å². The predicted octanol–water partition coefficient (Wildman–Crippen LogP) is 1.14. The number of nitrogens with one attached hydrogen (secondary N) is 1. The second-order valence-corrected chi connectivity index (χ2v) is 4.43. The third-order valence-electron chi connectivity index (χ3n) is 3.27. The number of esters is 1. The first-order chi connectivity index (χ1) is 8.70. The lowest BCUT2D eigenvalue weighted by Crippen LogP contribution is -2.39. The first-order valence-corrected chi connectivity index (χ1v) is 5.99. The summed E-state index contributed by atoms with van der Waals surface area (Å²) in [6.45, 7) is 0. The molecule has 0 atom stereocenters. The SMILES string of the molecule is COC(=O)C1CCC(NC(=O)c2ccon2)CC1. The summed E-state index contributed by atoms with van der Waals surface area (Å²) >= 11 is 0. The van der Waals surface area contributed by atoms with Gasteiger partial charge in [0.05, 0.1) is 13.0 Å². The largest absolute Gasteiger partial charge is 0.469 e. The summed E-state index contributed by atoms with van der Waals surface area (Å²) in [6.07, 6.45) is 4.42. The average molecular weight is 252 g/mol. The van der Waals surface area contributed by atoms with Crippen LogP contribution in [0.25, 0.3) is 0 Å². The van der Waals surface area contributed by atoms with Gasteiger partial charge in [0, 0.05) is 12.1 Å². The number of ether oxygens (including phenoxy) is 1. The molecular weight excluding hydrogens is 236 g/mol. The van der Waals surface area contributed by atoms with E-state index in [2.05, 4.69) is 15.0 Å². The van der Waals surface area contributed by atoms with Crippen molar-refractivity contribution in [1.82, 2.24) is 10.5 Å². The van der Waals surface area contributed by atoms with Gasteiger partial charge in [0.2, 0.25) is 0 Å². The Kier molecular flexibility index (Phi) is 3.96. The maximum Gasteiger partial charge on any atom is 0.308 e. The zero-order valence-electron chi connectivity index (χ0n) is 10.2.